The Labute approximate surface area is 180 Å². The van der Waals surface area contributed by atoms with Crippen molar-refractivity contribution in [2.75, 3.05) is 11.9 Å². The summed E-state index contributed by atoms with van der Waals surface area (Å²) in [6, 6.07) is 10.6. The number of amides is 2. The number of benzene rings is 2. The number of nitrogens with zero attached hydrogens (tertiary/aromatic N) is 1. The summed E-state index contributed by atoms with van der Waals surface area (Å²) >= 11 is 0. The predicted octanol–water partition coefficient (Wildman–Crippen LogP) is 1.58. The Morgan fingerprint density at radius 1 is 1.23 bits per heavy atom. The van der Waals surface area contributed by atoms with Crippen LogP contribution in [-0.4, -0.2) is 43.8 Å². The molecule has 2 atom stereocenters. The summed E-state index contributed by atoms with van der Waals surface area (Å²) in [7, 11) is -4.20. The summed E-state index contributed by atoms with van der Waals surface area (Å²) in [5.74, 6) is -1.84. The second-order valence-corrected chi connectivity index (χ2v) is 9.18. The number of hydrogen-bond acceptors (Lipinski definition) is 5. The molecule has 10 heteroatoms. The van der Waals surface area contributed by atoms with E-state index in [-0.39, 0.29) is 11.9 Å². The zero-order chi connectivity index (χ0) is 22.6. The molecule has 0 saturated carbocycles. The molecule has 3 rings (SSSR count). The van der Waals surface area contributed by atoms with Crippen LogP contribution in [0.15, 0.2) is 53.4 Å². The maximum absolute atomic E-state index is 13.8. The first-order valence-corrected chi connectivity index (χ1v) is 11.4. The summed E-state index contributed by atoms with van der Waals surface area (Å²) < 4.78 is 40.8. The van der Waals surface area contributed by atoms with Crippen molar-refractivity contribution in [1.82, 2.24) is 9.62 Å². The summed E-state index contributed by atoms with van der Waals surface area (Å²) in [5, 5.41) is 2.66. The van der Waals surface area contributed by atoms with Gasteiger partial charge >= 0.3 is 0 Å². The zero-order valence-corrected chi connectivity index (χ0v) is 17.9. The van der Waals surface area contributed by atoms with E-state index in [1.165, 1.54) is 19.1 Å². The molecule has 2 amide bonds. The van der Waals surface area contributed by atoms with E-state index in [2.05, 4.69) is 10.0 Å². The zero-order valence-electron chi connectivity index (χ0n) is 17.0. The van der Waals surface area contributed by atoms with Crippen LogP contribution < -0.4 is 15.8 Å². The van der Waals surface area contributed by atoms with Gasteiger partial charge in [-0.25, -0.2) is 12.8 Å². The average Bonchev–Trinajstić information content (AvgIpc) is 3.16. The smallest absolute Gasteiger partial charge is 0.244 e. The normalized spacial score (nSPS) is 17.9. The molecular formula is C21H25FN4O4S. The lowest BCUT2D eigenvalue weighted by Gasteiger charge is -2.22. The van der Waals surface area contributed by atoms with Gasteiger partial charge in [0.2, 0.25) is 21.8 Å². The van der Waals surface area contributed by atoms with Crippen LogP contribution in [0.25, 0.3) is 0 Å². The Bertz CT molecular complexity index is 1080. The minimum absolute atomic E-state index is 0.300. The molecule has 1 aliphatic heterocycles. The molecule has 4 N–H and O–H groups in total. The molecule has 0 radical (unpaired) electrons. The number of carbonyl (C=O) groups is 2. The Hall–Kier alpha value is -2.82. The lowest BCUT2D eigenvalue weighted by molar-refractivity contribution is -0.122. The van der Waals surface area contributed by atoms with Crippen LogP contribution in [0.4, 0.5) is 10.1 Å². The number of carbonyl (C=O) groups excluding carboxylic acids is 2. The van der Waals surface area contributed by atoms with Crippen molar-refractivity contribution in [2.24, 2.45) is 5.73 Å². The van der Waals surface area contributed by atoms with E-state index in [1.54, 1.807) is 18.2 Å². The van der Waals surface area contributed by atoms with Crippen LogP contribution in [0.2, 0.25) is 0 Å². The molecule has 0 bridgehead atoms. The van der Waals surface area contributed by atoms with E-state index in [4.69, 9.17) is 5.73 Å². The van der Waals surface area contributed by atoms with Crippen molar-refractivity contribution in [3.05, 3.63) is 59.9 Å². The van der Waals surface area contributed by atoms with Crippen molar-refractivity contribution in [3.8, 4) is 0 Å². The third kappa shape index (κ3) is 5.66. The standard InChI is InChI=1S/C21H25FN4O4S/c1-14(25-31(29,30)19-10-3-2-8-17(19)22)21(28)24-16-7-4-6-15(12-16)13-26-11-5-9-18(26)20(23)27/h2-4,6-8,10,12,14,18,25H,5,9,11,13H2,1H3,(H2,23,27)(H,24,28)/t14-,18?/m0/s1. The monoisotopic (exact) mass is 448 g/mol. The molecule has 1 unspecified atom stereocenters. The largest absolute Gasteiger partial charge is 0.368 e. The first-order valence-electron chi connectivity index (χ1n) is 9.87. The second kappa shape index (κ2) is 9.54. The van der Waals surface area contributed by atoms with Gasteiger partial charge in [-0.1, -0.05) is 24.3 Å². The van der Waals surface area contributed by atoms with Crippen LogP contribution in [0, 0.1) is 5.82 Å². The number of rotatable bonds is 8. The van der Waals surface area contributed by atoms with Gasteiger partial charge in [-0.15, -0.1) is 0 Å². The van der Waals surface area contributed by atoms with Crippen molar-refractivity contribution in [2.45, 2.75) is 43.3 Å². The van der Waals surface area contributed by atoms with E-state index in [9.17, 15) is 22.4 Å². The quantitative estimate of drug-likeness (QED) is 0.566. The predicted molar refractivity (Wildman–Crippen MR) is 114 cm³/mol. The second-order valence-electron chi connectivity index (χ2n) is 7.49. The fraction of sp³-hybridized carbons (Fsp3) is 0.333. The van der Waals surface area contributed by atoms with Crippen LogP contribution in [-0.2, 0) is 26.2 Å². The van der Waals surface area contributed by atoms with Crippen LogP contribution in [0.3, 0.4) is 0 Å². The number of anilines is 1. The van der Waals surface area contributed by atoms with E-state index in [0.717, 1.165) is 37.1 Å². The molecule has 1 saturated heterocycles. The third-order valence-electron chi connectivity index (χ3n) is 5.12. The molecule has 2 aromatic carbocycles. The minimum Gasteiger partial charge on any atom is -0.368 e. The van der Waals surface area contributed by atoms with Crippen LogP contribution >= 0.6 is 0 Å². The van der Waals surface area contributed by atoms with E-state index in [1.807, 2.05) is 11.0 Å². The molecule has 1 heterocycles. The number of likely N-dealkylation sites (tertiary alicyclic amines) is 1. The minimum atomic E-state index is -4.20. The van der Waals surface area contributed by atoms with Gasteiger partial charge in [0, 0.05) is 12.2 Å². The van der Waals surface area contributed by atoms with Gasteiger partial charge in [0.1, 0.15) is 10.7 Å². The molecular weight excluding hydrogens is 423 g/mol. The molecule has 2 aromatic rings. The number of nitrogens with one attached hydrogen (secondary N) is 2. The lowest BCUT2D eigenvalue weighted by Crippen LogP contribution is -2.41. The summed E-state index contributed by atoms with van der Waals surface area (Å²) in [6.45, 7) is 2.64. The fourth-order valence-electron chi connectivity index (χ4n) is 3.58. The van der Waals surface area contributed by atoms with E-state index >= 15 is 0 Å². The highest BCUT2D eigenvalue weighted by atomic mass is 32.2. The highest BCUT2D eigenvalue weighted by molar-refractivity contribution is 7.89. The van der Waals surface area contributed by atoms with Crippen molar-refractivity contribution >= 4 is 27.5 Å². The number of halogens is 1. The number of sulfonamides is 1. The Morgan fingerprint density at radius 2 is 1.97 bits per heavy atom. The van der Waals surface area contributed by atoms with Crippen molar-refractivity contribution in [3.63, 3.8) is 0 Å². The summed E-state index contributed by atoms with van der Waals surface area (Å²) in [5.41, 5.74) is 6.82. The molecule has 1 aliphatic rings. The lowest BCUT2D eigenvalue weighted by atomic mass is 10.1. The molecule has 0 aromatic heterocycles. The van der Waals surface area contributed by atoms with Gasteiger partial charge in [0.25, 0.3) is 0 Å². The van der Waals surface area contributed by atoms with E-state index < -0.39 is 32.7 Å². The number of primary amides is 1. The first-order chi connectivity index (χ1) is 14.7. The van der Waals surface area contributed by atoms with E-state index in [0.29, 0.717) is 12.2 Å². The van der Waals surface area contributed by atoms with Crippen LogP contribution in [0.5, 0.6) is 0 Å². The topological polar surface area (TPSA) is 122 Å². The summed E-state index contributed by atoms with van der Waals surface area (Å²) in [6.07, 6.45) is 1.62. The van der Waals surface area contributed by atoms with Gasteiger partial charge in [-0.05, 0) is 56.1 Å². The van der Waals surface area contributed by atoms with Crippen LogP contribution in [0.1, 0.15) is 25.3 Å². The van der Waals surface area contributed by atoms with Gasteiger partial charge in [0.05, 0.1) is 12.1 Å². The Morgan fingerprint density at radius 3 is 2.68 bits per heavy atom. The molecule has 31 heavy (non-hydrogen) atoms. The highest BCUT2D eigenvalue weighted by Gasteiger charge is 2.29. The molecule has 8 nitrogen and oxygen atoms in total. The average molecular weight is 449 g/mol. The van der Waals surface area contributed by atoms with Gasteiger partial charge in [-0.2, -0.15) is 4.72 Å². The van der Waals surface area contributed by atoms with Gasteiger partial charge in [0.15, 0.2) is 0 Å². The van der Waals surface area contributed by atoms with Gasteiger partial charge < -0.3 is 11.1 Å². The molecule has 0 aliphatic carbocycles. The molecule has 0 spiro atoms. The summed E-state index contributed by atoms with van der Waals surface area (Å²) in [4.78, 5) is 25.5. The number of hydrogen-bond donors (Lipinski definition) is 3. The maximum Gasteiger partial charge on any atom is 0.244 e. The molecule has 166 valence electrons. The molecule has 1 fully saturated rings. The fourth-order valence-corrected chi connectivity index (χ4v) is 4.86. The highest BCUT2D eigenvalue weighted by Crippen LogP contribution is 2.21. The van der Waals surface area contributed by atoms with Crippen molar-refractivity contribution in [1.29, 1.82) is 0 Å². The third-order valence-corrected chi connectivity index (χ3v) is 6.70. The maximum atomic E-state index is 13.8. The van der Waals surface area contributed by atoms with Gasteiger partial charge in [-0.3, -0.25) is 14.5 Å². The number of nitrogens with two attached hydrogens (primary N) is 1. The Balaban J connectivity index is 1.64. The van der Waals surface area contributed by atoms with Crippen molar-refractivity contribution < 1.29 is 22.4 Å². The Kier molecular flexibility index (Phi) is 7.04. The first kappa shape index (κ1) is 22.9. The SMILES string of the molecule is C[C@H](NS(=O)(=O)c1ccccc1F)C(=O)Nc1cccc(CN2CCCC2C(N)=O)c1.